The Balaban J connectivity index is 1.74. The van der Waals surface area contributed by atoms with Crippen LogP contribution in [0.15, 0.2) is 66.7 Å². The Kier molecular flexibility index (Phi) is 4.95. The van der Waals surface area contributed by atoms with Gasteiger partial charge < -0.3 is 9.47 Å². The Bertz CT molecular complexity index is 920. The quantitative estimate of drug-likeness (QED) is 0.558. The molecule has 0 radical (unpaired) electrons. The maximum atomic E-state index is 12.4. The fraction of sp³-hybridized carbons (Fsp3) is 0.100. The van der Waals surface area contributed by atoms with Gasteiger partial charge in [-0.15, -0.1) is 0 Å². The maximum Gasteiger partial charge on any atom is 0.411 e. The van der Waals surface area contributed by atoms with Crippen molar-refractivity contribution in [3.63, 3.8) is 0 Å². The van der Waals surface area contributed by atoms with Gasteiger partial charge >= 0.3 is 12.1 Å². The SMILES string of the molecule is CCOC(=O)Nc1cccc(OC(=O)c2ccc3ccccc3c2)c1. The number of nitrogens with one attached hydrogen (secondary N) is 1. The highest BCUT2D eigenvalue weighted by Crippen LogP contribution is 2.20. The summed E-state index contributed by atoms with van der Waals surface area (Å²) in [6, 6.07) is 19.8. The van der Waals surface area contributed by atoms with E-state index in [0.717, 1.165) is 10.8 Å². The molecule has 3 aromatic rings. The second-order valence-electron chi connectivity index (χ2n) is 5.32. The van der Waals surface area contributed by atoms with Gasteiger partial charge in [0.1, 0.15) is 5.75 Å². The number of carbonyl (C=O) groups is 2. The minimum Gasteiger partial charge on any atom is -0.450 e. The van der Waals surface area contributed by atoms with Crippen LogP contribution in [0.4, 0.5) is 10.5 Å². The molecule has 0 bridgehead atoms. The summed E-state index contributed by atoms with van der Waals surface area (Å²) in [6.07, 6.45) is -0.555. The van der Waals surface area contributed by atoms with Gasteiger partial charge in [-0.25, -0.2) is 9.59 Å². The van der Waals surface area contributed by atoms with E-state index in [1.807, 2.05) is 30.3 Å². The average Bonchev–Trinajstić information content (AvgIpc) is 2.61. The fourth-order valence-corrected chi connectivity index (χ4v) is 2.40. The van der Waals surface area contributed by atoms with Crippen molar-refractivity contribution in [2.45, 2.75) is 6.92 Å². The van der Waals surface area contributed by atoms with Crippen molar-refractivity contribution in [2.75, 3.05) is 11.9 Å². The summed E-state index contributed by atoms with van der Waals surface area (Å²) in [5.74, 6) is -0.119. The van der Waals surface area contributed by atoms with Crippen LogP contribution in [0, 0.1) is 0 Å². The molecule has 0 saturated heterocycles. The minimum absolute atomic E-state index is 0.280. The molecule has 0 unspecified atom stereocenters. The van der Waals surface area contributed by atoms with Crippen molar-refractivity contribution in [3.05, 3.63) is 72.3 Å². The van der Waals surface area contributed by atoms with Gasteiger partial charge in [0.25, 0.3) is 0 Å². The highest BCUT2D eigenvalue weighted by atomic mass is 16.5. The lowest BCUT2D eigenvalue weighted by Gasteiger charge is -2.08. The van der Waals surface area contributed by atoms with E-state index >= 15 is 0 Å². The summed E-state index contributed by atoms with van der Waals surface area (Å²) < 4.78 is 10.2. The van der Waals surface area contributed by atoms with Crippen LogP contribution in [0.1, 0.15) is 17.3 Å². The predicted molar refractivity (Wildman–Crippen MR) is 96.0 cm³/mol. The number of amides is 1. The smallest absolute Gasteiger partial charge is 0.411 e. The normalized spacial score (nSPS) is 10.3. The van der Waals surface area contributed by atoms with E-state index in [0.29, 0.717) is 17.0 Å². The van der Waals surface area contributed by atoms with Crippen LogP contribution >= 0.6 is 0 Å². The van der Waals surface area contributed by atoms with E-state index < -0.39 is 12.1 Å². The summed E-state index contributed by atoms with van der Waals surface area (Å²) in [5.41, 5.74) is 0.949. The first-order valence-electron chi connectivity index (χ1n) is 7.90. The van der Waals surface area contributed by atoms with Crippen molar-refractivity contribution in [2.24, 2.45) is 0 Å². The van der Waals surface area contributed by atoms with Crippen LogP contribution < -0.4 is 10.1 Å². The molecule has 5 nitrogen and oxygen atoms in total. The number of carbonyl (C=O) groups excluding carboxylic acids is 2. The molecule has 0 aliphatic rings. The van der Waals surface area contributed by atoms with Crippen LogP contribution in [0.3, 0.4) is 0 Å². The molecule has 25 heavy (non-hydrogen) atoms. The molecule has 0 aliphatic carbocycles. The molecule has 126 valence electrons. The zero-order valence-corrected chi connectivity index (χ0v) is 13.7. The Hall–Kier alpha value is -3.34. The molecule has 0 atom stereocenters. The Morgan fingerprint density at radius 3 is 2.52 bits per heavy atom. The lowest BCUT2D eigenvalue weighted by molar-refractivity contribution is 0.0735. The predicted octanol–water partition coefficient (Wildman–Crippen LogP) is 4.63. The van der Waals surface area contributed by atoms with Gasteiger partial charge in [0.15, 0.2) is 0 Å². The third kappa shape index (κ3) is 4.14. The topological polar surface area (TPSA) is 64.6 Å². The van der Waals surface area contributed by atoms with Crippen molar-refractivity contribution in [3.8, 4) is 5.75 Å². The number of rotatable bonds is 4. The van der Waals surface area contributed by atoms with Crippen LogP contribution in [-0.2, 0) is 4.74 Å². The second-order valence-corrected chi connectivity index (χ2v) is 5.32. The van der Waals surface area contributed by atoms with Crippen LogP contribution in [0.25, 0.3) is 10.8 Å². The number of anilines is 1. The Morgan fingerprint density at radius 1 is 0.920 bits per heavy atom. The molecular weight excluding hydrogens is 318 g/mol. The fourth-order valence-electron chi connectivity index (χ4n) is 2.40. The van der Waals surface area contributed by atoms with E-state index in [4.69, 9.17) is 9.47 Å². The summed E-state index contributed by atoms with van der Waals surface area (Å²) in [6.45, 7) is 2.00. The van der Waals surface area contributed by atoms with E-state index in [-0.39, 0.29) is 6.61 Å². The number of esters is 1. The van der Waals surface area contributed by atoms with E-state index in [2.05, 4.69) is 5.32 Å². The zero-order valence-electron chi connectivity index (χ0n) is 13.7. The third-order valence-electron chi connectivity index (χ3n) is 3.55. The van der Waals surface area contributed by atoms with Gasteiger partial charge in [0.2, 0.25) is 0 Å². The van der Waals surface area contributed by atoms with E-state index in [1.54, 1.807) is 43.3 Å². The standard InChI is InChI=1S/C20H17NO4/c1-2-24-20(23)21-17-8-5-9-18(13-17)25-19(22)16-11-10-14-6-3-4-7-15(14)12-16/h3-13H,2H2,1H3,(H,21,23). The molecule has 0 fully saturated rings. The van der Waals surface area contributed by atoms with Crippen molar-refractivity contribution >= 4 is 28.5 Å². The van der Waals surface area contributed by atoms with Crippen LogP contribution in [-0.4, -0.2) is 18.7 Å². The van der Waals surface area contributed by atoms with Crippen molar-refractivity contribution in [1.29, 1.82) is 0 Å². The minimum atomic E-state index is -0.555. The van der Waals surface area contributed by atoms with Gasteiger partial charge in [-0.3, -0.25) is 5.32 Å². The van der Waals surface area contributed by atoms with E-state index in [1.165, 1.54) is 0 Å². The first kappa shape index (κ1) is 16.5. The largest absolute Gasteiger partial charge is 0.450 e. The third-order valence-corrected chi connectivity index (χ3v) is 3.55. The number of hydrogen-bond donors (Lipinski definition) is 1. The van der Waals surface area contributed by atoms with Crippen LogP contribution in [0.2, 0.25) is 0 Å². The number of benzene rings is 3. The Labute approximate surface area is 145 Å². The molecule has 1 amide bonds. The van der Waals surface area contributed by atoms with Gasteiger partial charge in [0.05, 0.1) is 12.2 Å². The lowest BCUT2D eigenvalue weighted by atomic mass is 10.1. The van der Waals surface area contributed by atoms with Gasteiger partial charge in [0, 0.05) is 11.8 Å². The monoisotopic (exact) mass is 335 g/mol. The summed E-state index contributed by atoms with van der Waals surface area (Å²) in [5, 5.41) is 4.59. The average molecular weight is 335 g/mol. The first-order chi connectivity index (χ1) is 12.2. The molecule has 5 heteroatoms. The molecule has 0 aliphatic heterocycles. The van der Waals surface area contributed by atoms with Crippen LogP contribution in [0.5, 0.6) is 5.75 Å². The lowest BCUT2D eigenvalue weighted by Crippen LogP contribution is -2.13. The Morgan fingerprint density at radius 2 is 1.72 bits per heavy atom. The molecule has 0 aromatic heterocycles. The molecular formula is C20H17NO4. The van der Waals surface area contributed by atoms with Crippen molar-refractivity contribution < 1.29 is 19.1 Å². The number of fused-ring (bicyclic) bond motifs is 1. The summed E-state index contributed by atoms with van der Waals surface area (Å²) in [4.78, 5) is 23.8. The highest BCUT2D eigenvalue weighted by Gasteiger charge is 2.10. The summed E-state index contributed by atoms with van der Waals surface area (Å²) >= 11 is 0. The molecule has 0 spiro atoms. The number of hydrogen-bond acceptors (Lipinski definition) is 4. The number of ether oxygens (including phenoxy) is 2. The first-order valence-corrected chi connectivity index (χ1v) is 7.90. The summed E-state index contributed by atoms with van der Waals surface area (Å²) in [7, 11) is 0. The zero-order chi connectivity index (χ0) is 17.6. The van der Waals surface area contributed by atoms with E-state index in [9.17, 15) is 9.59 Å². The van der Waals surface area contributed by atoms with Gasteiger partial charge in [-0.05, 0) is 42.0 Å². The maximum absolute atomic E-state index is 12.4. The molecule has 3 aromatic carbocycles. The van der Waals surface area contributed by atoms with Gasteiger partial charge in [-0.1, -0.05) is 36.4 Å². The van der Waals surface area contributed by atoms with Gasteiger partial charge in [-0.2, -0.15) is 0 Å². The molecule has 3 rings (SSSR count). The highest BCUT2D eigenvalue weighted by molar-refractivity contribution is 5.96. The van der Waals surface area contributed by atoms with Crippen molar-refractivity contribution in [1.82, 2.24) is 0 Å². The molecule has 1 N–H and O–H groups in total. The molecule has 0 heterocycles. The second kappa shape index (κ2) is 7.49. The molecule has 0 saturated carbocycles.